The highest BCUT2D eigenvalue weighted by Gasteiger charge is 2.25. The zero-order valence-electron chi connectivity index (χ0n) is 11.3. The third kappa shape index (κ3) is 2.48. The van der Waals surface area contributed by atoms with E-state index in [0.29, 0.717) is 11.5 Å². The normalized spacial score (nSPS) is 18.8. The zero-order valence-corrected chi connectivity index (χ0v) is 11.3. The molecular weight excluding hydrogens is 254 g/mol. The van der Waals surface area contributed by atoms with E-state index in [1.54, 1.807) is 19.2 Å². The van der Waals surface area contributed by atoms with Crippen LogP contribution in [0.1, 0.15) is 36.0 Å². The Morgan fingerprint density at radius 3 is 3.00 bits per heavy atom. The van der Waals surface area contributed by atoms with E-state index in [1.165, 1.54) is 0 Å². The molecule has 20 heavy (non-hydrogen) atoms. The minimum atomic E-state index is 0.277. The number of piperidine rings is 1. The van der Waals surface area contributed by atoms with Crippen LogP contribution >= 0.6 is 0 Å². The van der Waals surface area contributed by atoms with Crippen LogP contribution < -0.4 is 4.90 Å². The summed E-state index contributed by atoms with van der Waals surface area (Å²) in [4.78, 5) is 10.9. The topological polar surface area (TPSA) is 78.8 Å². The Labute approximate surface area is 117 Å². The molecule has 1 aliphatic rings. The zero-order chi connectivity index (χ0) is 13.9. The van der Waals surface area contributed by atoms with Crippen LogP contribution in [0, 0.1) is 18.3 Å². The maximum Gasteiger partial charge on any atom is 0.223 e. The second kappa shape index (κ2) is 5.29. The van der Waals surface area contributed by atoms with Crippen molar-refractivity contribution in [2.45, 2.75) is 25.7 Å². The van der Waals surface area contributed by atoms with Gasteiger partial charge in [0.1, 0.15) is 11.9 Å². The Kier molecular flexibility index (Phi) is 3.33. The number of anilines is 1. The molecule has 102 valence electrons. The van der Waals surface area contributed by atoms with E-state index in [9.17, 15) is 0 Å². The van der Waals surface area contributed by atoms with Gasteiger partial charge in [-0.2, -0.15) is 10.2 Å². The standard InChI is InChI=1S/C14H15N5O/c1-10-17-14(18-20-10)12-3-2-6-19(9-12)13-5-4-11(7-15)8-16-13/h4-5,8,12H,2-3,6,9H2,1H3/t12-/m1/s1. The highest BCUT2D eigenvalue weighted by atomic mass is 16.5. The average molecular weight is 269 g/mol. The molecule has 0 saturated carbocycles. The van der Waals surface area contributed by atoms with Gasteiger partial charge in [-0.15, -0.1) is 0 Å². The molecule has 1 saturated heterocycles. The van der Waals surface area contributed by atoms with E-state index in [-0.39, 0.29) is 5.92 Å². The molecular formula is C14H15N5O. The first kappa shape index (κ1) is 12.6. The number of aromatic nitrogens is 3. The molecule has 0 unspecified atom stereocenters. The highest BCUT2D eigenvalue weighted by Crippen LogP contribution is 2.27. The smallest absolute Gasteiger partial charge is 0.223 e. The molecule has 3 heterocycles. The van der Waals surface area contributed by atoms with Crippen molar-refractivity contribution in [3.8, 4) is 6.07 Å². The lowest BCUT2D eigenvalue weighted by Gasteiger charge is -2.32. The van der Waals surface area contributed by atoms with Gasteiger partial charge in [0.05, 0.1) is 5.56 Å². The molecule has 0 aliphatic carbocycles. The molecule has 6 heteroatoms. The van der Waals surface area contributed by atoms with Crippen LogP contribution in [-0.4, -0.2) is 28.2 Å². The van der Waals surface area contributed by atoms with Gasteiger partial charge >= 0.3 is 0 Å². The van der Waals surface area contributed by atoms with Gasteiger partial charge in [0.2, 0.25) is 5.89 Å². The molecule has 3 rings (SSSR count). The molecule has 1 aliphatic heterocycles. The lowest BCUT2D eigenvalue weighted by atomic mass is 9.97. The third-order valence-corrected chi connectivity index (χ3v) is 3.53. The summed E-state index contributed by atoms with van der Waals surface area (Å²) in [6, 6.07) is 5.77. The maximum absolute atomic E-state index is 8.80. The van der Waals surface area contributed by atoms with Gasteiger partial charge in [0.25, 0.3) is 0 Å². The predicted molar refractivity (Wildman–Crippen MR) is 72.2 cm³/mol. The first-order chi connectivity index (χ1) is 9.76. The molecule has 0 amide bonds. The van der Waals surface area contributed by atoms with Crippen LogP contribution in [0.4, 0.5) is 5.82 Å². The van der Waals surface area contributed by atoms with Crippen molar-refractivity contribution in [1.29, 1.82) is 5.26 Å². The number of rotatable bonds is 2. The summed E-state index contributed by atoms with van der Waals surface area (Å²) in [5.74, 6) is 2.56. The SMILES string of the molecule is Cc1nc([C@@H]2CCCN(c3ccc(C#N)cn3)C2)no1. The molecule has 0 spiro atoms. The highest BCUT2D eigenvalue weighted by molar-refractivity contribution is 5.42. The molecule has 0 N–H and O–H groups in total. The number of nitrogens with zero attached hydrogens (tertiary/aromatic N) is 5. The fourth-order valence-corrected chi connectivity index (χ4v) is 2.52. The quantitative estimate of drug-likeness (QED) is 0.830. The van der Waals surface area contributed by atoms with Crippen LogP contribution in [0.3, 0.4) is 0 Å². The first-order valence-corrected chi connectivity index (χ1v) is 6.67. The Morgan fingerprint density at radius 2 is 2.35 bits per heavy atom. The van der Waals surface area contributed by atoms with Crippen molar-refractivity contribution in [3.63, 3.8) is 0 Å². The monoisotopic (exact) mass is 269 g/mol. The number of nitriles is 1. The van der Waals surface area contributed by atoms with Gasteiger partial charge in [-0.05, 0) is 25.0 Å². The first-order valence-electron chi connectivity index (χ1n) is 6.67. The van der Waals surface area contributed by atoms with Crippen LogP contribution in [-0.2, 0) is 0 Å². The molecule has 2 aromatic heterocycles. The van der Waals surface area contributed by atoms with Gasteiger partial charge in [0.15, 0.2) is 5.82 Å². The summed E-state index contributed by atoms with van der Waals surface area (Å²) in [5.41, 5.74) is 0.580. The third-order valence-electron chi connectivity index (χ3n) is 3.53. The Hall–Kier alpha value is -2.42. The fraction of sp³-hybridized carbons (Fsp3) is 0.429. The summed E-state index contributed by atoms with van der Waals surface area (Å²) in [5, 5.41) is 12.8. The number of aryl methyl sites for hydroxylation is 1. The van der Waals surface area contributed by atoms with Crippen molar-refractivity contribution < 1.29 is 4.52 Å². The second-order valence-electron chi connectivity index (χ2n) is 4.97. The van der Waals surface area contributed by atoms with Crippen LogP contribution in [0.15, 0.2) is 22.9 Å². The lowest BCUT2D eigenvalue weighted by Crippen LogP contribution is -2.35. The molecule has 6 nitrogen and oxygen atoms in total. The van der Waals surface area contributed by atoms with Gasteiger partial charge in [-0.25, -0.2) is 4.98 Å². The minimum Gasteiger partial charge on any atom is -0.356 e. The summed E-state index contributed by atoms with van der Waals surface area (Å²) < 4.78 is 5.06. The van der Waals surface area contributed by atoms with Crippen molar-refractivity contribution >= 4 is 5.82 Å². The van der Waals surface area contributed by atoms with E-state index in [1.807, 2.05) is 6.07 Å². The Morgan fingerprint density at radius 1 is 1.45 bits per heavy atom. The van der Waals surface area contributed by atoms with Crippen LogP contribution in [0.25, 0.3) is 0 Å². The van der Waals surface area contributed by atoms with E-state index >= 15 is 0 Å². The summed E-state index contributed by atoms with van der Waals surface area (Å²) in [6.45, 7) is 3.60. The van der Waals surface area contributed by atoms with E-state index in [0.717, 1.165) is 37.6 Å². The van der Waals surface area contributed by atoms with E-state index in [4.69, 9.17) is 9.78 Å². The number of hydrogen-bond acceptors (Lipinski definition) is 6. The summed E-state index contributed by atoms with van der Waals surface area (Å²) in [6.07, 6.45) is 3.74. The number of pyridine rings is 1. The minimum absolute atomic E-state index is 0.277. The fourth-order valence-electron chi connectivity index (χ4n) is 2.52. The maximum atomic E-state index is 8.80. The van der Waals surface area contributed by atoms with E-state index < -0.39 is 0 Å². The molecule has 2 aromatic rings. The van der Waals surface area contributed by atoms with Crippen molar-refractivity contribution in [1.82, 2.24) is 15.1 Å². The van der Waals surface area contributed by atoms with E-state index in [2.05, 4.69) is 26.1 Å². The van der Waals surface area contributed by atoms with Gasteiger partial charge in [-0.1, -0.05) is 5.16 Å². The molecule has 1 fully saturated rings. The lowest BCUT2D eigenvalue weighted by molar-refractivity contribution is 0.376. The summed E-state index contributed by atoms with van der Waals surface area (Å²) >= 11 is 0. The second-order valence-corrected chi connectivity index (χ2v) is 4.97. The molecule has 0 radical (unpaired) electrons. The predicted octanol–water partition coefficient (Wildman–Crippen LogP) is 2.03. The van der Waals surface area contributed by atoms with Gasteiger partial charge in [0, 0.05) is 32.1 Å². The molecule has 0 aromatic carbocycles. The summed E-state index contributed by atoms with van der Waals surface area (Å²) in [7, 11) is 0. The van der Waals surface area contributed by atoms with Gasteiger partial charge < -0.3 is 9.42 Å². The Balaban J connectivity index is 1.76. The van der Waals surface area contributed by atoms with Crippen LogP contribution in [0.2, 0.25) is 0 Å². The van der Waals surface area contributed by atoms with Crippen molar-refractivity contribution in [3.05, 3.63) is 35.6 Å². The molecule has 1 atom stereocenters. The molecule has 0 bridgehead atoms. The van der Waals surface area contributed by atoms with Crippen molar-refractivity contribution in [2.24, 2.45) is 0 Å². The largest absolute Gasteiger partial charge is 0.356 e. The average Bonchev–Trinajstić information content (AvgIpc) is 2.94. The Bertz CT molecular complexity index is 628. The van der Waals surface area contributed by atoms with Crippen molar-refractivity contribution in [2.75, 3.05) is 18.0 Å². The van der Waals surface area contributed by atoms with Gasteiger partial charge in [-0.3, -0.25) is 0 Å². The number of hydrogen-bond donors (Lipinski definition) is 0. The van der Waals surface area contributed by atoms with Crippen LogP contribution in [0.5, 0.6) is 0 Å².